The van der Waals surface area contributed by atoms with Crippen LogP contribution in [0.15, 0.2) is 30.3 Å². The van der Waals surface area contributed by atoms with Gasteiger partial charge >= 0.3 is 0 Å². The number of nitrogens with zero attached hydrogens (tertiary/aromatic N) is 1. The lowest BCUT2D eigenvalue weighted by molar-refractivity contribution is -0.123. The third-order valence-corrected chi connectivity index (χ3v) is 3.10. The molecule has 1 aromatic carbocycles. The van der Waals surface area contributed by atoms with Crippen LogP contribution < -0.4 is 0 Å². The molecule has 0 fully saturated rings. The summed E-state index contributed by atoms with van der Waals surface area (Å²) in [7, 11) is 3.91. The standard InChI is InChI=1S/C14H21NO/c1-11(16)13(15(4)5)14(2,3)12-9-7-6-8-10-12/h6-10,13H,1-5H3/t13-/m1/s1. The average Bonchev–Trinajstić information content (AvgIpc) is 2.17. The van der Waals surface area contributed by atoms with E-state index in [0.717, 1.165) is 0 Å². The molecule has 1 rings (SSSR count). The van der Waals surface area contributed by atoms with Gasteiger partial charge in [-0.1, -0.05) is 44.2 Å². The lowest BCUT2D eigenvalue weighted by Gasteiger charge is -2.37. The molecule has 2 heteroatoms. The Labute approximate surface area is 98.3 Å². The van der Waals surface area contributed by atoms with Crippen molar-refractivity contribution in [3.8, 4) is 0 Å². The molecule has 88 valence electrons. The maximum Gasteiger partial charge on any atom is 0.147 e. The van der Waals surface area contributed by atoms with Crippen LogP contribution in [0.1, 0.15) is 26.3 Å². The molecule has 0 saturated carbocycles. The number of hydrogen-bond acceptors (Lipinski definition) is 2. The van der Waals surface area contributed by atoms with Crippen LogP contribution >= 0.6 is 0 Å². The Morgan fingerprint density at radius 2 is 1.69 bits per heavy atom. The third-order valence-electron chi connectivity index (χ3n) is 3.10. The van der Waals surface area contributed by atoms with Gasteiger partial charge in [-0.25, -0.2) is 0 Å². The first-order valence-electron chi connectivity index (χ1n) is 5.59. The molecule has 0 aromatic heterocycles. The van der Waals surface area contributed by atoms with Crippen molar-refractivity contribution in [3.05, 3.63) is 35.9 Å². The van der Waals surface area contributed by atoms with E-state index in [0.29, 0.717) is 0 Å². The van der Waals surface area contributed by atoms with Gasteiger partial charge in [0.05, 0.1) is 6.04 Å². The number of carbonyl (C=O) groups excluding carboxylic acids is 1. The lowest BCUT2D eigenvalue weighted by atomic mass is 9.75. The molecule has 0 bridgehead atoms. The molecule has 1 aromatic rings. The van der Waals surface area contributed by atoms with Crippen LogP contribution in [0.2, 0.25) is 0 Å². The van der Waals surface area contributed by atoms with Crippen molar-refractivity contribution >= 4 is 5.78 Å². The molecule has 0 heterocycles. The van der Waals surface area contributed by atoms with Crippen LogP contribution in [0.25, 0.3) is 0 Å². The predicted molar refractivity (Wildman–Crippen MR) is 67.6 cm³/mol. The SMILES string of the molecule is CC(=O)[C@@H](N(C)C)C(C)(C)c1ccccc1. The van der Waals surface area contributed by atoms with E-state index in [-0.39, 0.29) is 17.2 Å². The van der Waals surface area contributed by atoms with Gasteiger partial charge in [-0.15, -0.1) is 0 Å². The molecule has 0 spiro atoms. The zero-order valence-electron chi connectivity index (χ0n) is 10.8. The molecule has 16 heavy (non-hydrogen) atoms. The van der Waals surface area contributed by atoms with Crippen LogP contribution in [0.5, 0.6) is 0 Å². The van der Waals surface area contributed by atoms with Gasteiger partial charge in [0, 0.05) is 5.41 Å². The number of likely N-dealkylation sites (N-methyl/N-ethyl adjacent to an activating group) is 1. The normalized spacial score (nSPS) is 13.9. The monoisotopic (exact) mass is 219 g/mol. The van der Waals surface area contributed by atoms with Crippen LogP contribution in [-0.4, -0.2) is 30.8 Å². The van der Waals surface area contributed by atoms with Crippen LogP contribution in [-0.2, 0) is 10.2 Å². The van der Waals surface area contributed by atoms with Crippen molar-refractivity contribution in [1.29, 1.82) is 0 Å². The Morgan fingerprint density at radius 1 is 1.19 bits per heavy atom. The Morgan fingerprint density at radius 3 is 2.06 bits per heavy atom. The molecule has 0 radical (unpaired) electrons. The van der Waals surface area contributed by atoms with Crippen molar-refractivity contribution < 1.29 is 4.79 Å². The number of carbonyl (C=O) groups is 1. The summed E-state index contributed by atoms with van der Waals surface area (Å²) >= 11 is 0. The average molecular weight is 219 g/mol. The molecular weight excluding hydrogens is 198 g/mol. The van der Waals surface area contributed by atoms with Crippen molar-refractivity contribution in [1.82, 2.24) is 4.90 Å². The van der Waals surface area contributed by atoms with Crippen LogP contribution in [0.4, 0.5) is 0 Å². The second-order valence-corrected chi connectivity index (χ2v) is 5.06. The van der Waals surface area contributed by atoms with Gasteiger partial charge in [0.2, 0.25) is 0 Å². The Hall–Kier alpha value is -1.15. The Bertz CT molecular complexity index is 354. The van der Waals surface area contributed by atoms with E-state index in [2.05, 4.69) is 26.0 Å². The highest BCUT2D eigenvalue weighted by Gasteiger charge is 2.35. The van der Waals surface area contributed by atoms with Gasteiger partial charge in [0.25, 0.3) is 0 Å². The number of hydrogen-bond donors (Lipinski definition) is 0. The highest BCUT2D eigenvalue weighted by atomic mass is 16.1. The van der Waals surface area contributed by atoms with Crippen LogP contribution in [0.3, 0.4) is 0 Å². The minimum Gasteiger partial charge on any atom is -0.299 e. The van der Waals surface area contributed by atoms with Crippen molar-refractivity contribution in [2.75, 3.05) is 14.1 Å². The molecular formula is C14H21NO. The van der Waals surface area contributed by atoms with E-state index < -0.39 is 0 Å². The van der Waals surface area contributed by atoms with Gasteiger partial charge in [-0.2, -0.15) is 0 Å². The van der Waals surface area contributed by atoms with E-state index in [1.165, 1.54) is 5.56 Å². The predicted octanol–water partition coefficient (Wildman–Crippen LogP) is 2.48. The summed E-state index contributed by atoms with van der Waals surface area (Å²) in [5.41, 5.74) is 1.03. The fourth-order valence-electron chi connectivity index (χ4n) is 2.54. The molecule has 0 saturated heterocycles. The van der Waals surface area contributed by atoms with Gasteiger partial charge in [-0.05, 0) is 26.6 Å². The zero-order chi connectivity index (χ0) is 12.3. The molecule has 0 aliphatic rings. The quantitative estimate of drug-likeness (QED) is 0.775. The summed E-state index contributed by atoms with van der Waals surface area (Å²) in [6.07, 6.45) is 0. The van der Waals surface area contributed by atoms with E-state index in [4.69, 9.17) is 0 Å². The van der Waals surface area contributed by atoms with Crippen molar-refractivity contribution in [3.63, 3.8) is 0 Å². The smallest absolute Gasteiger partial charge is 0.147 e. The highest BCUT2D eigenvalue weighted by Crippen LogP contribution is 2.29. The number of benzene rings is 1. The Kier molecular flexibility index (Phi) is 3.87. The van der Waals surface area contributed by atoms with Gasteiger partial charge < -0.3 is 0 Å². The first-order chi connectivity index (χ1) is 7.37. The fraction of sp³-hybridized carbons (Fsp3) is 0.500. The minimum atomic E-state index is -0.170. The highest BCUT2D eigenvalue weighted by molar-refractivity contribution is 5.83. The minimum absolute atomic E-state index is 0.0881. The van der Waals surface area contributed by atoms with Crippen LogP contribution in [0, 0.1) is 0 Å². The Balaban J connectivity index is 3.13. The molecule has 1 atom stereocenters. The summed E-state index contributed by atoms with van der Waals surface area (Å²) in [5, 5.41) is 0. The number of Topliss-reactive ketones (excluding diaryl/α,β-unsaturated/α-hetero) is 1. The first-order valence-corrected chi connectivity index (χ1v) is 5.59. The molecule has 2 nitrogen and oxygen atoms in total. The van der Waals surface area contributed by atoms with Gasteiger partial charge in [-0.3, -0.25) is 9.69 Å². The van der Waals surface area contributed by atoms with E-state index in [1.54, 1.807) is 6.92 Å². The molecule has 0 amide bonds. The van der Waals surface area contributed by atoms with E-state index in [1.807, 2.05) is 37.2 Å². The van der Waals surface area contributed by atoms with Gasteiger partial charge in [0.15, 0.2) is 0 Å². The largest absolute Gasteiger partial charge is 0.299 e. The number of ketones is 1. The summed E-state index contributed by atoms with van der Waals surface area (Å²) in [6, 6.07) is 10.1. The second kappa shape index (κ2) is 4.79. The van der Waals surface area contributed by atoms with E-state index in [9.17, 15) is 4.79 Å². The maximum absolute atomic E-state index is 11.8. The van der Waals surface area contributed by atoms with Gasteiger partial charge in [0.1, 0.15) is 5.78 Å². The molecule has 0 unspecified atom stereocenters. The zero-order valence-corrected chi connectivity index (χ0v) is 10.8. The maximum atomic E-state index is 11.8. The summed E-state index contributed by atoms with van der Waals surface area (Å²) in [6.45, 7) is 5.90. The second-order valence-electron chi connectivity index (χ2n) is 5.06. The molecule has 0 aliphatic heterocycles. The fourth-order valence-corrected chi connectivity index (χ4v) is 2.54. The number of rotatable bonds is 4. The van der Waals surface area contributed by atoms with Crippen molar-refractivity contribution in [2.45, 2.75) is 32.2 Å². The third kappa shape index (κ3) is 2.50. The van der Waals surface area contributed by atoms with Crippen molar-refractivity contribution in [2.24, 2.45) is 0 Å². The molecule has 0 aliphatic carbocycles. The van der Waals surface area contributed by atoms with E-state index >= 15 is 0 Å². The topological polar surface area (TPSA) is 20.3 Å². The summed E-state index contributed by atoms with van der Waals surface area (Å²) < 4.78 is 0. The summed E-state index contributed by atoms with van der Waals surface area (Å²) in [4.78, 5) is 13.8. The summed E-state index contributed by atoms with van der Waals surface area (Å²) in [5.74, 6) is 0.207. The lowest BCUT2D eigenvalue weighted by Crippen LogP contribution is -2.48. The molecule has 0 N–H and O–H groups in total. The first kappa shape index (κ1) is 12.9.